The molecule has 36 valence electrons. The summed E-state index contributed by atoms with van der Waals surface area (Å²) in [5, 5.41) is 0. The Morgan fingerprint density at radius 2 is 0.667 bits per heavy atom. The quantitative estimate of drug-likeness (QED) is 0.314. The van der Waals surface area contributed by atoms with E-state index in [4.69, 9.17) is 0 Å². The molecule has 6 heteroatoms. The predicted molar refractivity (Wildman–Crippen MR) is 23.9 cm³/mol. The van der Waals surface area contributed by atoms with Gasteiger partial charge >= 0.3 is 59.1 Å². The summed E-state index contributed by atoms with van der Waals surface area (Å²) < 4.78 is 0. The van der Waals surface area contributed by atoms with Crippen LogP contribution in [0.5, 0.6) is 0 Å². The molecule has 0 rings (SSSR count). The third-order valence-electron chi connectivity index (χ3n) is 0. The van der Waals surface area contributed by atoms with E-state index in [9.17, 15) is 0 Å². The molecular weight excluding hydrogens is 149 g/mol. The van der Waals surface area contributed by atoms with E-state index in [1.807, 2.05) is 0 Å². The molecule has 2 nitrogen and oxygen atoms in total. The minimum atomic E-state index is 0. The Morgan fingerprint density at radius 1 is 0.667 bits per heavy atom. The van der Waals surface area contributed by atoms with Crippen LogP contribution in [0, 0.1) is 0 Å². The first-order valence-electron chi connectivity index (χ1n) is 0. The second-order valence-corrected chi connectivity index (χ2v) is 0. The molecule has 0 aliphatic carbocycles. The van der Waals surface area contributed by atoms with Crippen molar-refractivity contribution in [2.24, 2.45) is 0 Å². The zero-order valence-electron chi connectivity index (χ0n) is 5.82. The molecule has 0 aromatic rings. The van der Waals surface area contributed by atoms with Gasteiger partial charge in [-0.2, -0.15) is 0 Å². The summed E-state index contributed by atoms with van der Waals surface area (Å²) in [4.78, 5) is 0. The summed E-state index contributed by atoms with van der Waals surface area (Å²) >= 11 is 0. The van der Waals surface area contributed by atoms with Gasteiger partial charge in [-0.25, -0.2) is 0 Å². The summed E-state index contributed by atoms with van der Waals surface area (Å²) in [5.41, 5.74) is 0. The van der Waals surface area contributed by atoms with Gasteiger partial charge in [-0.1, -0.05) is 0 Å². The van der Waals surface area contributed by atoms with E-state index < -0.39 is 0 Å². The fraction of sp³-hybridized carbons (Fsp3) is 0. The van der Waals surface area contributed by atoms with Gasteiger partial charge < -0.3 is 13.8 Å². The fourth-order valence-corrected chi connectivity index (χ4v) is 0. The van der Waals surface area contributed by atoms with Crippen LogP contribution in [0.1, 0.15) is 2.85 Å². The average molecular weight is 157 g/mol. The summed E-state index contributed by atoms with van der Waals surface area (Å²) in [5.74, 6) is 0. The van der Waals surface area contributed by atoms with Gasteiger partial charge in [0, 0.05) is 0 Å². The van der Waals surface area contributed by atoms with Crippen molar-refractivity contribution in [1.29, 1.82) is 0 Å². The van der Waals surface area contributed by atoms with Gasteiger partial charge in [-0.15, -0.1) is 24.8 Å². The fourth-order valence-electron chi connectivity index (χ4n) is 0. The van der Waals surface area contributed by atoms with Gasteiger partial charge in [0.1, 0.15) is 0 Å². The van der Waals surface area contributed by atoms with Crippen LogP contribution in [0.4, 0.5) is 0 Å². The van der Waals surface area contributed by atoms with E-state index in [1.54, 1.807) is 0 Å². The number of hydrogen-bond donors (Lipinski definition) is 0. The average Bonchev–Trinajstić information content (AvgIpc) is 0. The molecule has 0 spiro atoms. The molecule has 0 radical (unpaired) electrons. The summed E-state index contributed by atoms with van der Waals surface area (Å²) in [6, 6.07) is 0. The molecule has 0 unspecified atom stereocenters. The molecule has 0 saturated carbocycles. The van der Waals surface area contributed by atoms with Gasteiger partial charge in [-0.05, 0) is 0 Å². The maximum atomic E-state index is 0. The third kappa shape index (κ3) is 31.5. The Hall–Kier alpha value is 2.50. The third-order valence-corrected chi connectivity index (χ3v) is 0. The number of halogens is 2. The van der Waals surface area contributed by atoms with Crippen molar-refractivity contribution in [1.82, 2.24) is 0 Å². The van der Waals surface area contributed by atoms with E-state index in [-0.39, 0.29) is 97.7 Å². The van der Waals surface area contributed by atoms with Crippen molar-refractivity contribution in [3.63, 3.8) is 0 Å². The minimum Gasteiger partial charge on any atom is -1.00 e. The Balaban J connectivity index is 0. The van der Waals surface area contributed by atoms with Crippen LogP contribution >= 0.6 is 24.8 Å². The van der Waals surface area contributed by atoms with Crippen molar-refractivity contribution < 1.29 is 72.9 Å². The monoisotopic (exact) mass is 156 g/mol. The SMILES string of the molecule is Cl.Cl.O.O.[H-].[H-].[Na+].[Na+]. The Labute approximate surface area is 96.4 Å². The molecule has 0 aromatic carbocycles. The zero-order chi connectivity index (χ0) is 0. The number of hydrogen-bond acceptors (Lipinski definition) is 0. The smallest absolute Gasteiger partial charge is 1.00 e. The second kappa shape index (κ2) is 50.7. The van der Waals surface area contributed by atoms with E-state index in [2.05, 4.69) is 0 Å². The first-order valence-corrected chi connectivity index (χ1v) is 0. The topological polar surface area (TPSA) is 63.0 Å². The summed E-state index contributed by atoms with van der Waals surface area (Å²) in [6.45, 7) is 0. The van der Waals surface area contributed by atoms with Gasteiger partial charge in [0.25, 0.3) is 0 Å². The van der Waals surface area contributed by atoms with Crippen LogP contribution in [0.2, 0.25) is 0 Å². The molecule has 0 aliphatic rings. The van der Waals surface area contributed by atoms with Crippen LogP contribution in [0.3, 0.4) is 0 Å². The molecule has 0 bridgehead atoms. The molecule has 0 amide bonds. The molecule has 0 atom stereocenters. The molecule has 0 saturated heterocycles. The Morgan fingerprint density at radius 3 is 0.667 bits per heavy atom. The molecule has 0 fully saturated rings. The molecule has 0 aliphatic heterocycles. The first kappa shape index (κ1) is 76.5. The molecule has 4 N–H and O–H groups in total. The summed E-state index contributed by atoms with van der Waals surface area (Å²) in [7, 11) is 0. The Kier molecular flexibility index (Phi) is 646. The van der Waals surface area contributed by atoms with Crippen molar-refractivity contribution in [2.45, 2.75) is 0 Å². The zero-order valence-corrected chi connectivity index (χ0v) is 9.45. The van der Waals surface area contributed by atoms with Crippen molar-refractivity contribution in [2.75, 3.05) is 0 Å². The second-order valence-electron chi connectivity index (χ2n) is 0. The normalized spacial score (nSPS) is 0. The van der Waals surface area contributed by atoms with Crippen molar-refractivity contribution in [3.8, 4) is 0 Å². The van der Waals surface area contributed by atoms with E-state index in [0.717, 1.165) is 0 Å². The van der Waals surface area contributed by atoms with Gasteiger partial charge in [-0.3, -0.25) is 0 Å². The molecule has 0 aromatic heterocycles. The van der Waals surface area contributed by atoms with E-state index >= 15 is 0 Å². The van der Waals surface area contributed by atoms with Crippen LogP contribution in [-0.4, -0.2) is 11.0 Å². The molecule has 0 heterocycles. The maximum absolute atomic E-state index is 0. The van der Waals surface area contributed by atoms with Gasteiger partial charge in [0.15, 0.2) is 0 Å². The van der Waals surface area contributed by atoms with Crippen LogP contribution in [0.25, 0.3) is 0 Å². The molecule has 6 heavy (non-hydrogen) atoms. The standard InChI is InChI=1S/2ClH.2Na.2H2O.2H/h2*1H;;;2*1H2;;/q;;2*+1;;;2*-1. The first-order chi connectivity index (χ1) is 0. The van der Waals surface area contributed by atoms with E-state index in [1.165, 1.54) is 0 Å². The van der Waals surface area contributed by atoms with Gasteiger partial charge in [0.05, 0.1) is 0 Å². The minimum absolute atomic E-state index is 0. The molecular formula is H8Cl2Na2O2. The largest absolute Gasteiger partial charge is 1.00 e. The summed E-state index contributed by atoms with van der Waals surface area (Å²) in [6.07, 6.45) is 0. The van der Waals surface area contributed by atoms with Crippen molar-refractivity contribution >= 4 is 24.8 Å². The Bertz CT molecular complexity index is 16.0. The van der Waals surface area contributed by atoms with Crippen LogP contribution in [-0.2, 0) is 0 Å². The van der Waals surface area contributed by atoms with Crippen LogP contribution < -0.4 is 59.1 Å². The van der Waals surface area contributed by atoms with E-state index in [0.29, 0.717) is 0 Å². The maximum Gasteiger partial charge on any atom is 1.00 e. The predicted octanol–water partition coefficient (Wildman–Crippen LogP) is -6.57. The van der Waals surface area contributed by atoms with Crippen molar-refractivity contribution in [3.05, 3.63) is 0 Å². The van der Waals surface area contributed by atoms with Gasteiger partial charge in [0.2, 0.25) is 0 Å². The van der Waals surface area contributed by atoms with Crippen LogP contribution in [0.15, 0.2) is 0 Å². The number of rotatable bonds is 0.